The number of anilines is 4. The number of fused-ring (bicyclic) bond motifs is 1. The molecule has 3 aromatic rings. The molecule has 2 heterocycles. The third-order valence-electron chi connectivity index (χ3n) is 3.81. The van der Waals surface area contributed by atoms with E-state index in [0.29, 0.717) is 23.3 Å². The number of rotatable bonds is 5. The molecule has 132 valence electrons. The van der Waals surface area contributed by atoms with Crippen molar-refractivity contribution >= 4 is 23.1 Å². The highest BCUT2D eigenvalue weighted by atomic mass is 16.7. The molecule has 0 atom stereocenters. The highest BCUT2D eigenvalue weighted by molar-refractivity contribution is 5.65. The Morgan fingerprint density at radius 3 is 2.81 bits per heavy atom. The number of aromatic nitrogens is 3. The van der Waals surface area contributed by atoms with Crippen molar-refractivity contribution in [1.29, 1.82) is 0 Å². The highest BCUT2D eigenvalue weighted by Gasteiger charge is 2.13. The summed E-state index contributed by atoms with van der Waals surface area (Å²) in [6.07, 6.45) is 1.54. The molecule has 0 spiro atoms. The van der Waals surface area contributed by atoms with Crippen LogP contribution in [0.3, 0.4) is 0 Å². The Morgan fingerprint density at radius 2 is 1.92 bits per heavy atom. The quantitative estimate of drug-likeness (QED) is 0.723. The predicted octanol–water partition coefficient (Wildman–Crippen LogP) is 3.40. The van der Waals surface area contributed by atoms with Crippen molar-refractivity contribution in [3.63, 3.8) is 0 Å². The van der Waals surface area contributed by atoms with Crippen LogP contribution in [0.4, 0.5) is 23.1 Å². The van der Waals surface area contributed by atoms with Crippen molar-refractivity contribution in [2.24, 2.45) is 0 Å². The average Bonchev–Trinajstić information content (AvgIpc) is 3.10. The summed E-state index contributed by atoms with van der Waals surface area (Å²) in [6, 6.07) is 11.4. The molecule has 1 aliphatic heterocycles. The molecule has 2 aromatic carbocycles. The molecule has 8 nitrogen and oxygen atoms in total. The van der Waals surface area contributed by atoms with Crippen LogP contribution >= 0.6 is 0 Å². The number of benzene rings is 2. The van der Waals surface area contributed by atoms with E-state index in [1.807, 2.05) is 43.3 Å². The molecular weight excluding hydrogens is 334 g/mol. The Kier molecular flexibility index (Phi) is 4.14. The lowest BCUT2D eigenvalue weighted by atomic mass is 10.2. The van der Waals surface area contributed by atoms with Crippen LogP contribution in [0.5, 0.6) is 17.2 Å². The minimum atomic E-state index is 0.236. The molecule has 8 heteroatoms. The van der Waals surface area contributed by atoms with Crippen LogP contribution in [-0.2, 0) is 0 Å². The van der Waals surface area contributed by atoms with Gasteiger partial charge in [-0.2, -0.15) is 10.1 Å². The molecule has 0 amide bonds. The molecule has 2 N–H and O–H groups in total. The summed E-state index contributed by atoms with van der Waals surface area (Å²) in [7, 11) is 1.62. The molecule has 1 aliphatic rings. The zero-order valence-electron chi connectivity index (χ0n) is 14.3. The molecule has 0 saturated carbocycles. The first kappa shape index (κ1) is 15.9. The van der Waals surface area contributed by atoms with E-state index in [0.717, 1.165) is 22.7 Å². The van der Waals surface area contributed by atoms with Gasteiger partial charge in [0.2, 0.25) is 12.7 Å². The second kappa shape index (κ2) is 6.75. The molecule has 0 fully saturated rings. The van der Waals surface area contributed by atoms with Crippen molar-refractivity contribution in [3.05, 3.63) is 48.2 Å². The first-order valence-electron chi connectivity index (χ1n) is 7.99. The van der Waals surface area contributed by atoms with E-state index >= 15 is 0 Å². The van der Waals surface area contributed by atoms with Gasteiger partial charge in [0, 0.05) is 11.8 Å². The smallest absolute Gasteiger partial charge is 0.249 e. The van der Waals surface area contributed by atoms with Gasteiger partial charge in [-0.25, -0.2) is 0 Å². The number of nitrogens with zero attached hydrogens (tertiary/aromatic N) is 3. The summed E-state index contributed by atoms with van der Waals surface area (Å²) in [5.41, 5.74) is 2.68. The molecule has 0 unspecified atom stereocenters. The van der Waals surface area contributed by atoms with E-state index in [2.05, 4.69) is 25.8 Å². The maximum absolute atomic E-state index is 5.38. The second-order valence-electron chi connectivity index (χ2n) is 5.69. The van der Waals surface area contributed by atoms with Crippen molar-refractivity contribution in [3.8, 4) is 17.2 Å². The normalized spacial score (nSPS) is 11.9. The van der Waals surface area contributed by atoms with Crippen LogP contribution in [0.1, 0.15) is 5.56 Å². The van der Waals surface area contributed by atoms with Gasteiger partial charge in [0.05, 0.1) is 19.0 Å². The number of nitrogens with one attached hydrogen (secondary N) is 2. The molecule has 26 heavy (non-hydrogen) atoms. The number of methoxy groups -OCH3 is 1. The number of ether oxygens (including phenoxy) is 3. The second-order valence-corrected chi connectivity index (χ2v) is 5.69. The Labute approximate surface area is 150 Å². The van der Waals surface area contributed by atoms with Crippen LogP contribution in [0, 0.1) is 6.92 Å². The molecule has 0 bridgehead atoms. The topological polar surface area (TPSA) is 90.4 Å². The third kappa shape index (κ3) is 3.30. The maximum Gasteiger partial charge on any atom is 0.249 e. The van der Waals surface area contributed by atoms with E-state index in [4.69, 9.17) is 14.2 Å². The van der Waals surface area contributed by atoms with Gasteiger partial charge in [0.25, 0.3) is 0 Å². The lowest BCUT2D eigenvalue weighted by Gasteiger charge is -2.11. The summed E-state index contributed by atoms with van der Waals surface area (Å²) in [6.45, 7) is 2.24. The van der Waals surface area contributed by atoms with Crippen LogP contribution in [-0.4, -0.2) is 29.1 Å². The Hall–Kier alpha value is -3.55. The van der Waals surface area contributed by atoms with Gasteiger partial charge in [-0.1, -0.05) is 6.07 Å². The number of hydrogen-bond acceptors (Lipinski definition) is 8. The first-order chi connectivity index (χ1) is 12.7. The molecular formula is C18H17N5O3. The van der Waals surface area contributed by atoms with Crippen LogP contribution in [0.15, 0.2) is 42.6 Å². The summed E-state index contributed by atoms with van der Waals surface area (Å²) in [5, 5.41) is 14.3. The molecule has 0 aliphatic carbocycles. The maximum atomic E-state index is 5.38. The summed E-state index contributed by atoms with van der Waals surface area (Å²) in [5.74, 6) is 3.03. The summed E-state index contributed by atoms with van der Waals surface area (Å²) in [4.78, 5) is 4.44. The zero-order valence-corrected chi connectivity index (χ0v) is 14.3. The largest absolute Gasteiger partial charge is 0.495 e. The van der Waals surface area contributed by atoms with Gasteiger partial charge in [-0.15, -0.1) is 5.10 Å². The lowest BCUT2D eigenvalue weighted by Crippen LogP contribution is -2.03. The molecule has 0 radical (unpaired) electrons. The fourth-order valence-electron chi connectivity index (χ4n) is 2.58. The fourth-order valence-corrected chi connectivity index (χ4v) is 2.58. The highest BCUT2D eigenvalue weighted by Crippen LogP contribution is 2.35. The lowest BCUT2D eigenvalue weighted by molar-refractivity contribution is 0.174. The Bertz CT molecular complexity index is 948. The first-order valence-corrected chi connectivity index (χ1v) is 7.99. The van der Waals surface area contributed by atoms with E-state index in [1.54, 1.807) is 13.3 Å². The van der Waals surface area contributed by atoms with E-state index in [1.165, 1.54) is 0 Å². The predicted molar refractivity (Wildman–Crippen MR) is 96.7 cm³/mol. The van der Waals surface area contributed by atoms with Gasteiger partial charge in [-0.05, 0) is 36.8 Å². The van der Waals surface area contributed by atoms with Crippen LogP contribution < -0.4 is 24.8 Å². The molecule has 4 rings (SSSR count). The average molecular weight is 351 g/mol. The van der Waals surface area contributed by atoms with Crippen LogP contribution in [0.2, 0.25) is 0 Å². The van der Waals surface area contributed by atoms with Crippen molar-refractivity contribution in [1.82, 2.24) is 15.2 Å². The Balaban J connectivity index is 1.54. The van der Waals surface area contributed by atoms with Gasteiger partial charge in [0.1, 0.15) is 5.75 Å². The minimum absolute atomic E-state index is 0.236. The third-order valence-corrected chi connectivity index (χ3v) is 3.81. The molecule has 1 aromatic heterocycles. The summed E-state index contributed by atoms with van der Waals surface area (Å²) < 4.78 is 16.1. The van der Waals surface area contributed by atoms with Gasteiger partial charge in [0.15, 0.2) is 17.3 Å². The van der Waals surface area contributed by atoms with Crippen molar-refractivity contribution in [2.75, 3.05) is 24.5 Å². The fraction of sp³-hybridized carbons (Fsp3) is 0.167. The summed E-state index contributed by atoms with van der Waals surface area (Å²) >= 11 is 0. The van der Waals surface area contributed by atoms with Gasteiger partial charge in [-0.3, -0.25) is 0 Å². The monoisotopic (exact) mass is 351 g/mol. The molecule has 0 saturated heterocycles. The standard InChI is InChI=1S/C18H17N5O3/c1-11-3-5-14(24-2)13(7-11)21-18-22-17(9-19-23-18)20-12-4-6-15-16(8-12)26-10-25-15/h3-9H,10H2,1-2H3,(H2,20,21,22,23). The number of aryl methyl sites for hydroxylation is 1. The van der Waals surface area contributed by atoms with E-state index in [9.17, 15) is 0 Å². The van der Waals surface area contributed by atoms with Gasteiger partial charge >= 0.3 is 0 Å². The van der Waals surface area contributed by atoms with Gasteiger partial charge < -0.3 is 24.8 Å². The minimum Gasteiger partial charge on any atom is -0.495 e. The van der Waals surface area contributed by atoms with E-state index < -0.39 is 0 Å². The van der Waals surface area contributed by atoms with Crippen molar-refractivity contribution < 1.29 is 14.2 Å². The Morgan fingerprint density at radius 1 is 1.04 bits per heavy atom. The van der Waals surface area contributed by atoms with E-state index in [-0.39, 0.29) is 6.79 Å². The zero-order chi connectivity index (χ0) is 17.9. The van der Waals surface area contributed by atoms with Crippen molar-refractivity contribution in [2.45, 2.75) is 6.92 Å². The van der Waals surface area contributed by atoms with Crippen LogP contribution in [0.25, 0.3) is 0 Å². The SMILES string of the molecule is COc1ccc(C)cc1Nc1nncc(Nc2ccc3c(c2)OCO3)n1. The number of hydrogen-bond donors (Lipinski definition) is 2.